The average molecular weight is 597 g/mol. The summed E-state index contributed by atoms with van der Waals surface area (Å²) in [6.07, 6.45) is 0.889. The molecule has 0 unspecified atom stereocenters. The van der Waals surface area contributed by atoms with Gasteiger partial charge in [-0.25, -0.2) is 13.4 Å². The summed E-state index contributed by atoms with van der Waals surface area (Å²) >= 11 is 3.21. The Labute approximate surface area is 241 Å². The third-order valence-corrected chi connectivity index (χ3v) is 10.00. The van der Waals surface area contributed by atoms with Crippen LogP contribution in [0.1, 0.15) is 20.8 Å². The number of thiophene rings is 1. The van der Waals surface area contributed by atoms with Crippen LogP contribution in [0.3, 0.4) is 0 Å². The van der Waals surface area contributed by atoms with Gasteiger partial charge in [0.05, 0.1) is 15.1 Å². The van der Waals surface area contributed by atoms with Crippen molar-refractivity contribution < 1.29 is 13.2 Å². The van der Waals surface area contributed by atoms with Crippen LogP contribution >= 0.6 is 35.1 Å². The number of hydrogen-bond donors (Lipinski definition) is 2. The molecule has 0 radical (unpaired) electrons. The highest BCUT2D eigenvalue weighted by molar-refractivity contribution is 7.92. The van der Waals surface area contributed by atoms with E-state index in [1.807, 2.05) is 18.2 Å². The van der Waals surface area contributed by atoms with E-state index in [4.69, 9.17) is 4.98 Å². The molecule has 3 aromatic carbocycles. The largest absolute Gasteiger partial charge is 0.313 e. The standard InChI is InChI=1S/C28H24N4O3S3.ClH/c1-32-15-14-21-24(17-32)37-28(25(21)27-29-22-12-5-6-13-23(22)36-27)30-26(33)18-8-7-9-19(16-18)31-38(34,35)20-10-3-2-4-11-20;/h2-13,16,31H,14-15,17H2,1H3,(H,30,33);1H. The van der Waals surface area contributed by atoms with Crippen molar-refractivity contribution in [1.29, 1.82) is 0 Å². The third kappa shape index (κ3) is 5.57. The Hall–Kier alpha value is -3.28. The first-order valence-corrected chi connectivity index (χ1v) is 15.2. The number of aromatic nitrogens is 1. The van der Waals surface area contributed by atoms with E-state index in [1.165, 1.54) is 22.6 Å². The van der Waals surface area contributed by atoms with Gasteiger partial charge in [-0.05, 0) is 61.5 Å². The van der Waals surface area contributed by atoms with Gasteiger partial charge in [0.2, 0.25) is 0 Å². The number of para-hydroxylation sites is 1. The van der Waals surface area contributed by atoms with Crippen molar-refractivity contribution >= 4 is 71.9 Å². The fraction of sp³-hybridized carbons (Fsp3) is 0.143. The molecule has 39 heavy (non-hydrogen) atoms. The molecular weight excluding hydrogens is 572 g/mol. The molecule has 0 spiro atoms. The minimum Gasteiger partial charge on any atom is -0.313 e. The lowest BCUT2D eigenvalue weighted by Gasteiger charge is -2.22. The highest BCUT2D eigenvalue weighted by Crippen LogP contribution is 2.45. The Bertz CT molecular complexity index is 1730. The lowest BCUT2D eigenvalue weighted by molar-refractivity contribution is 0.102. The van der Waals surface area contributed by atoms with Crippen LogP contribution in [0.15, 0.2) is 83.8 Å². The number of fused-ring (bicyclic) bond motifs is 2. The van der Waals surface area contributed by atoms with Crippen molar-refractivity contribution in [3.05, 3.63) is 94.9 Å². The molecule has 0 saturated carbocycles. The van der Waals surface area contributed by atoms with Gasteiger partial charge in [0, 0.05) is 34.8 Å². The van der Waals surface area contributed by atoms with Crippen LogP contribution in [0.4, 0.5) is 10.7 Å². The second-order valence-corrected chi connectivity index (χ2v) is 13.0. The number of nitrogens with zero attached hydrogens (tertiary/aromatic N) is 2. The van der Waals surface area contributed by atoms with Crippen LogP contribution in [-0.2, 0) is 23.0 Å². The minimum atomic E-state index is -3.77. The molecule has 0 bridgehead atoms. The summed E-state index contributed by atoms with van der Waals surface area (Å²) in [6.45, 7) is 1.77. The van der Waals surface area contributed by atoms with Crippen LogP contribution in [0.2, 0.25) is 0 Å². The second kappa shape index (κ2) is 11.1. The number of carbonyl (C=O) groups excluding carboxylic acids is 1. The summed E-state index contributed by atoms with van der Waals surface area (Å²) < 4.78 is 29.2. The van der Waals surface area contributed by atoms with Gasteiger partial charge in [0.15, 0.2) is 0 Å². The number of rotatable bonds is 6. The Morgan fingerprint density at radius 3 is 2.54 bits per heavy atom. The number of anilines is 2. The maximum Gasteiger partial charge on any atom is 0.261 e. The van der Waals surface area contributed by atoms with Crippen molar-refractivity contribution in [1.82, 2.24) is 9.88 Å². The van der Waals surface area contributed by atoms with Crippen molar-refractivity contribution in [3.8, 4) is 10.6 Å². The quantitative estimate of drug-likeness (QED) is 0.234. The number of thiazole rings is 1. The normalized spacial score (nSPS) is 13.5. The molecule has 6 rings (SSSR count). The van der Waals surface area contributed by atoms with Crippen molar-refractivity contribution in [2.24, 2.45) is 0 Å². The molecule has 5 aromatic rings. The van der Waals surface area contributed by atoms with Gasteiger partial charge < -0.3 is 10.2 Å². The van der Waals surface area contributed by atoms with Crippen LogP contribution < -0.4 is 10.0 Å². The molecule has 7 nitrogen and oxygen atoms in total. The van der Waals surface area contributed by atoms with Crippen LogP contribution in [0.5, 0.6) is 0 Å². The van der Waals surface area contributed by atoms with E-state index < -0.39 is 10.0 Å². The number of likely N-dealkylation sites (N-methyl/N-ethyl adjacent to an activating group) is 1. The summed E-state index contributed by atoms with van der Waals surface area (Å²) in [4.78, 5) is 22.0. The van der Waals surface area contributed by atoms with Crippen molar-refractivity contribution in [2.75, 3.05) is 23.6 Å². The second-order valence-electron chi connectivity index (χ2n) is 9.14. The molecule has 0 saturated heterocycles. The van der Waals surface area contributed by atoms with Crippen LogP contribution in [-0.4, -0.2) is 37.8 Å². The Morgan fingerprint density at radius 2 is 1.74 bits per heavy atom. The maximum absolute atomic E-state index is 13.4. The van der Waals surface area contributed by atoms with Crippen molar-refractivity contribution in [2.45, 2.75) is 17.9 Å². The topological polar surface area (TPSA) is 91.4 Å². The van der Waals surface area contributed by atoms with E-state index in [2.05, 4.69) is 28.1 Å². The van der Waals surface area contributed by atoms with Crippen LogP contribution in [0.25, 0.3) is 20.8 Å². The first-order valence-electron chi connectivity index (χ1n) is 12.1. The summed E-state index contributed by atoms with van der Waals surface area (Å²) in [5.74, 6) is -0.305. The number of carbonyl (C=O) groups is 1. The Balaban J connectivity index is 0.00000308. The number of sulfonamides is 1. The monoisotopic (exact) mass is 596 g/mol. The molecule has 1 aliphatic rings. The van der Waals surface area contributed by atoms with E-state index in [-0.39, 0.29) is 23.2 Å². The Morgan fingerprint density at radius 1 is 0.974 bits per heavy atom. The van der Waals surface area contributed by atoms with Gasteiger partial charge >= 0.3 is 0 Å². The fourth-order valence-electron chi connectivity index (χ4n) is 4.54. The highest BCUT2D eigenvalue weighted by Gasteiger charge is 2.27. The summed E-state index contributed by atoms with van der Waals surface area (Å²) in [7, 11) is -1.67. The zero-order valence-corrected chi connectivity index (χ0v) is 24.1. The predicted molar refractivity (Wildman–Crippen MR) is 162 cm³/mol. The number of benzene rings is 3. The minimum absolute atomic E-state index is 0. The predicted octanol–water partition coefficient (Wildman–Crippen LogP) is 6.49. The molecule has 11 heteroatoms. The molecule has 0 aliphatic carbocycles. The molecular formula is C28H25ClN4O3S3. The maximum atomic E-state index is 13.4. The summed E-state index contributed by atoms with van der Waals surface area (Å²) in [5.41, 5.74) is 3.86. The SMILES string of the molecule is CN1CCc2c(sc(NC(=O)c3cccc(NS(=O)(=O)c4ccccc4)c3)c2-c2nc3ccccc3s2)C1.Cl. The average Bonchev–Trinajstić information content (AvgIpc) is 3.49. The molecule has 200 valence electrons. The van der Waals surface area contributed by atoms with Gasteiger partial charge in [-0.2, -0.15) is 0 Å². The summed E-state index contributed by atoms with van der Waals surface area (Å²) in [5, 5.41) is 4.78. The van der Waals surface area contributed by atoms with Crippen molar-refractivity contribution in [3.63, 3.8) is 0 Å². The number of amides is 1. The first kappa shape index (κ1) is 27.3. The lowest BCUT2D eigenvalue weighted by Crippen LogP contribution is -2.25. The zero-order valence-electron chi connectivity index (χ0n) is 20.9. The molecule has 0 atom stereocenters. The molecule has 0 fully saturated rings. The van der Waals surface area contributed by atoms with Gasteiger partial charge in [-0.15, -0.1) is 35.1 Å². The zero-order chi connectivity index (χ0) is 26.3. The third-order valence-electron chi connectivity index (χ3n) is 6.41. The first-order chi connectivity index (χ1) is 18.4. The molecule has 1 amide bonds. The fourth-order valence-corrected chi connectivity index (χ4v) is 8.04. The van der Waals surface area contributed by atoms with Gasteiger partial charge in [0.25, 0.3) is 15.9 Å². The molecule has 2 N–H and O–H groups in total. The van der Waals surface area contributed by atoms with E-state index in [9.17, 15) is 13.2 Å². The van der Waals surface area contributed by atoms with E-state index in [1.54, 1.807) is 65.1 Å². The van der Waals surface area contributed by atoms with Crippen LogP contribution in [0, 0.1) is 0 Å². The summed E-state index contributed by atoms with van der Waals surface area (Å²) in [6, 6.07) is 22.7. The number of nitrogens with one attached hydrogen (secondary N) is 2. The van der Waals surface area contributed by atoms with E-state index in [0.29, 0.717) is 11.3 Å². The number of hydrogen-bond acceptors (Lipinski definition) is 7. The van der Waals surface area contributed by atoms with Gasteiger partial charge in [-0.3, -0.25) is 9.52 Å². The van der Waals surface area contributed by atoms with E-state index in [0.717, 1.165) is 45.3 Å². The van der Waals surface area contributed by atoms with Gasteiger partial charge in [0.1, 0.15) is 10.0 Å². The molecule has 3 heterocycles. The Kier molecular flexibility index (Phi) is 7.75. The molecule has 1 aliphatic heterocycles. The lowest BCUT2D eigenvalue weighted by atomic mass is 10.0. The van der Waals surface area contributed by atoms with Gasteiger partial charge in [-0.1, -0.05) is 36.4 Å². The van der Waals surface area contributed by atoms with E-state index >= 15 is 0 Å². The smallest absolute Gasteiger partial charge is 0.261 e. The molecule has 2 aromatic heterocycles. The highest BCUT2D eigenvalue weighted by atomic mass is 35.5. The number of halogens is 1.